The molecule has 5 rings (SSSR count). The Kier molecular flexibility index (Phi) is 3.35. The Bertz CT molecular complexity index is 1270. The van der Waals surface area contributed by atoms with Crippen LogP contribution in [-0.2, 0) is 0 Å². The summed E-state index contributed by atoms with van der Waals surface area (Å²) in [6.45, 7) is 0. The van der Waals surface area contributed by atoms with Gasteiger partial charge >= 0.3 is 7.12 Å². The molecule has 0 bridgehead atoms. The number of benzene rings is 4. The van der Waals surface area contributed by atoms with E-state index in [1.54, 1.807) is 6.07 Å². The van der Waals surface area contributed by atoms with Crippen LogP contribution in [0.15, 0.2) is 83.3 Å². The number of rotatable bonds is 2. The summed E-state index contributed by atoms with van der Waals surface area (Å²) in [5.74, 6) is 0. The molecule has 0 atom stereocenters. The van der Waals surface area contributed by atoms with E-state index >= 15 is 0 Å². The molecule has 0 spiro atoms. The van der Waals surface area contributed by atoms with Crippen LogP contribution in [0.5, 0.6) is 0 Å². The maximum absolute atomic E-state index is 9.66. The fourth-order valence-electron chi connectivity index (χ4n) is 3.69. The lowest BCUT2D eigenvalue weighted by atomic mass is 9.76. The summed E-state index contributed by atoms with van der Waals surface area (Å²) >= 11 is 0. The lowest BCUT2D eigenvalue weighted by Crippen LogP contribution is -2.30. The number of para-hydroxylation sites is 1. The summed E-state index contributed by atoms with van der Waals surface area (Å²) in [4.78, 5) is 0. The molecule has 3 nitrogen and oxygen atoms in total. The Morgan fingerprint density at radius 1 is 0.615 bits per heavy atom. The van der Waals surface area contributed by atoms with Crippen LogP contribution in [0.4, 0.5) is 0 Å². The average molecular weight is 338 g/mol. The van der Waals surface area contributed by atoms with Gasteiger partial charge in [0, 0.05) is 10.8 Å². The molecule has 0 saturated heterocycles. The third kappa shape index (κ3) is 2.24. The number of furan rings is 1. The summed E-state index contributed by atoms with van der Waals surface area (Å²) in [7, 11) is -1.49. The van der Waals surface area contributed by atoms with Crippen LogP contribution < -0.4 is 5.46 Å². The van der Waals surface area contributed by atoms with Crippen molar-refractivity contribution < 1.29 is 14.5 Å². The molecule has 0 aliphatic heterocycles. The van der Waals surface area contributed by atoms with Gasteiger partial charge in [-0.1, -0.05) is 60.7 Å². The highest BCUT2D eigenvalue weighted by Gasteiger charge is 2.17. The van der Waals surface area contributed by atoms with Crippen molar-refractivity contribution in [1.82, 2.24) is 0 Å². The minimum atomic E-state index is -1.49. The second kappa shape index (κ2) is 5.73. The van der Waals surface area contributed by atoms with Crippen LogP contribution in [0.1, 0.15) is 0 Å². The van der Waals surface area contributed by atoms with Gasteiger partial charge in [-0.2, -0.15) is 0 Å². The molecule has 1 aromatic heterocycles. The van der Waals surface area contributed by atoms with Crippen molar-refractivity contribution in [3.05, 3.63) is 78.9 Å². The first-order valence-electron chi connectivity index (χ1n) is 8.52. The summed E-state index contributed by atoms with van der Waals surface area (Å²) < 4.78 is 5.92. The molecule has 0 fully saturated rings. The molecule has 1 heterocycles. The smallest absolute Gasteiger partial charge is 0.456 e. The maximum atomic E-state index is 9.66. The molecule has 0 saturated carbocycles. The molecule has 0 aliphatic rings. The van der Waals surface area contributed by atoms with Crippen LogP contribution in [-0.4, -0.2) is 17.2 Å². The molecule has 4 heteroatoms. The van der Waals surface area contributed by atoms with Gasteiger partial charge in [0.05, 0.1) is 0 Å². The van der Waals surface area contributed by atoms with Gasteiger partial charge in [0.15, 0.2) is 0 Å². The zero-order valence-electron chi connectivity index (χ0n) is 13.9. The first-order valence-corrected chi connectivity index (χ1v) is 8.52. The molecular formula is C22H15BO3. The summed E-state index contributed by atoms with van der Waals surface area (Å²) in [6.07, 6.45) is 0. The molecule has 124 valence electrons. The molecule has 2 N–H and O–H groups in total. The predicted octanol–water partition coefficient (Wildman–Crippen LogP) is 4.09. The SMILES string of the molecule is OB(O)c1ccc(-c2ccc3oc4ccccc4c3c2)c2ccccc12. The minimum Gasteiger partial charge on any atom is -0.456 e. The Balaban J connectivity index is 1.80. The van der Waals surface area contributed by atoms with E-state index in [4.69, 9.17) is 4.42 Å². The van der Waals surface area contributed by atoms with Gasteiger partial charge in [0.1, 0.15) is 11.2 Å². The van der Waals surface area contributed by atoms with Crippen molar-refractivity contribution >= 4 is 45.3 Å². The highest BCUT2D eigenvalue weighted by atomic mass is 16.4. The Morgan fingerprint density at radius 2 is 1.31 bits per heavy atom. The number of hydrogen-bond acceptors (Lipinski definition) is 3. The van der Waals surface area contributed by atoms with Crippen LogP contribution in [0.25, 0.3) is 43.8 Å². The second-order valence-corrected chi connectivity index (χ2v) is 6.43. The van der Waals surface area contributed by atoms with Gasteiger partial charge in [-0.3, -0.25) is 0 Å². The van der Waals surface area contributed by atoms with E-state index in [1.807, 2.05) is 60.7 Å². The fourth-order valence-corrected chi connectivity index (χ4v) is 3.69. The molecule has 0 aliphatic carbocycles. The van der Waals surface area contributed by atoms with Gasteiger partial charge in [-0.05, 0) is 45.6 Å². The largest absolute Gasteiger partial charge is 0.489 e. The first kappa shape index (κ1) is 15.2. The molecule has 0 amide bonds. The highest BCUT2D eigenvalue weighted by Crippen LogP contribution is 2.34. The minimum absolute atomic E-state index is 0.513. The van der Waals surface area contributed by atoms with Crippen LogP contribution in [0, 0.1) is 0 Å². The van der Waals surface area contributed by atoms with E-state index in [9.17, 15) is 10.0 Å². The number of hydrogen-bond donors (Lipinski definition) is 2. The second-order valence-electron chi connectivity index (χ2n) is 6.43. The van der Waals surface area contributed by atoms with Crippen LogP contribution in [0.3, 0.4) is 0 Å². The number of fused-ring (bicyclic) bond motifs is 4. The van der Waals surface area contributed by atoms with Gasteiger partial charge < -0.3 is 14.5 Å². The Labute approximate surface area is 150 Å². The third-order valence-corrected chi connectivity index (χ3v) is 4.92. The summed E-state index contributed by atoms with van der Waals surface area (Å²) in [5.41, 5.74) is 4.38. The summed E-state index contributed by atoms with van der Waals surface area (Å²) in [5, 5.41) is 23.3. The molecule has 5 aromatic rings. The van der Waals surface area contributed by atoms with Crippen molar-refractivity contribution in [3.63, 3.8) is 0 Å². The van der Waals surface area contributed by atoms with E-state index in [0.717, 1.165) is 43.8 Å². The standard InChI is InChI=1S/C22H15BO3/c24-23(25)20-11-10-15(16-5-1-2-6-17(16)20)14-9-12-22-19(13-14)18-7-3-4-8-21(18)26-22/h1-13,24-25H. The van der Waals surface area contributed by atoms with E-state index in [-0.39, 0.29) is 0 Å². The summed E-state index contributed by atoms with van der Waals surface area (Å²) in [6, 6.07) is 25.7. The van der Waals surface area contributed by atoms with Crippen molar-refractivity contribution in [2.45, 2.75) is 0 Å². The van der Waals surface area contributed by atoms with Crippen molar-refractivity contribution in [3.8, 4) is 11.1 Å². The normalized spacial score (nSPS) is 11.5. The van der Waals surface area contributed by atoms with E-state index < -0.39 is 7.12 Å². The molecule has 26 heavy (non-hydrogen) atoms. The van der Waals surface area contributed by atoms with Gasteiger partial charge in [0.25, 0.3) is 0 Å². The zero-order chi connectivity index (χ0) is 17.7. The topological polar surface area (TPSA) is 53.6 Å². The van der Waals surface area contributed by atoms with Gasteiger partial charge in [-0.25, -0.2) is 0 Å². The monoisotopic (exact) mass is 338 g/mol. The van der Waals surface area contributed by atoms with E-state index in [2.05, 4.69) is 12.1 Å². The van der Waals surface area contributed by atoms with Crippen molar-refractivity contribution in [1.29, 1.82) is 0 Å². The first-order chi connectivity index (χ1) is 12.7. The lowest BCUT2D eigenvalue weighted by molar-refractivity contribution is 0.426. The van der Waals surface area contributed by atoms with E-state index in [0.29, 0.717) is 5.46 Å². The molecular weight excluding hydrogens is 323 g/mol. The zero-order valence-corrected chi connectivity index (χ0v) is 13.9. The highest BCUT2D eigenvalue weighted by molar-refractivity contribution is 6.62. The van der Waals surface area contributed by atoms with Gasteiger partial charge in [-0.15, -0.1) is 0 Å². The van der Waals surface area contributed by atoms with Crippen molar-refractivity contribution in [2.75, 3.05) is 0 Å². The molecule has 4 aromatic carbocycles. The quantitative estimate of drug-likeness (QED) is 0.477. The molecule has 0 unspecified atom stereocenters. The fraction of sp³-hybridized carbons (Fsp3) is 0. The maximum Gasteiger partial charge on any atom is 0.489 e. The average Bonchev–Trinajstić information content (AvgIpc) is 3.05. The Hall–Kier alpha value is -3.08. The lowest BCUT2D eigenvalue weighted by Gasteiger charge is -2.11. The predicted molar refractivity (Wildman–Crippen MR) is 106 cm³/mol. The van der Waals surface area contributed by atoms with Gasteiger partial charge in [0.2, 0.25) is 0 Å². The van der Waals surface area contributed by atoms with Crippen molar-refractivity contribution in [2.24, 2.45) is 0 Å². The van der Waals surface area contributed by atoms with Crippen LogP contribution >= 0.6 is 0 Å². The van der Waals surface area contributed by atoms with Crippen LogP contribution in [0.2, 0.25) is 0 Å². The molecule has 0 radical (unpaired) electrons. The Morgan fingerprint density at radius 3 is 2.12 bits per heavy atom. The third-order valence-electron chi connectivity index (χ3n) is 4.92. The van der Waals surface area contributed by atoms with E-state index in [1.165, 1.54) is 0 Å².